The first-order valence-corrected chi connectivity index (χ1v) is 9.01. The van der Waals surface area contributed by atoms with Gasteiger partial charge in [-0.2, -0.15) is 0 Å². The van der Waals surface area contributed by atoms with Crippen LogP contribution in [-0.2, 0) is 0 Å². The molecule has 2 nitrogen and oxygen atoms in total. The Labute approximate surface area is 141 Å². The first kappa shape index (κ1) is 17.0. The van der Waals surface area contributed by atoms with Crippen molar-refractivity contribution in [3.63, 3.8) is 0 Å². The highest BCUT2D eigenvalue weighted by atomic mass is 79.9. The topological polar surface area (TPSA) is 18.5 Å². The lowest BCUT2D eigenvalue weighted by atomic mass is 9.85. The summed E-state index contributed by atoms with van der Waals surface area (Å²) >= 11 is 10.1. The maximum Gasteiger partial charge on any atom is 0.145 e. The second-order valence-electron chi connectivity index (χ2n) is 5.75. The minimum absolute atomic E-state index is 0.276. The van der Waals surface area contributed by atoms with Gasteiger partial charge in [0, 0.05) is 10.4 Å². The number of benzene rings is 1. The van der Waals surface area contributed by atoms with E-state index in [1.807, 2.05) is 12.1 Å². The molecule has 1 aromatic rings. The zero-order valence-electron chi connectivity index (χ0n) is 12.8. The van der Waals surface area contributed by atoms with E-state index in [4.69, 9.17) is 21.1 Å². The molecule has 1 aromatic carbocycles. The smallest absolute Gasteiger partial charge is 0.145 e. The van der Waals surface area contributed by atoms with Crippen molar-refractivity contribution in [3.05, 3.63) is 22.7 Å². The highest BCUT2D eigenvalue weighted by Crippen LogP contribution is 2.44. The molecule has 0 aromatic heterocycles. The molecule has 1 unspecified atom stereocenters. The second kappa shape index (κ2) is 8.28. The molecular formula is C17H24BrClO2. The number of halogens is 2. The number of hydrogen-bond donors (Lipinski definition) is 0. The average Bonchev–Trinajstić information content (AvgIpc) is 2.53. The summed E-state index contributed by atoms with van der Waals surface area (Å²) in [5.41, 5.74) is 1.11. The number of ether oxygens (including phenoxy) is 2. The first-order chi connectivity index (χ1) is 10.2. The van der Waals surface area contributed by atoms with E-state index in [0.717, 1.165) is 23.7 Å². The Hall–Kier alpha value is -0.410. The number of hydrogen-bond acceptors (Lipinski definition) is 2. The summed E-state index contributed by atoms with van der Waals surface area (Å²) in [6, 6.07) is 3.96. The first-order valence-electron chi connectivity index (χ1n) is 7.71. The molecule has 118 valence electrons. The summed E-state index contributed by atoms with van der Waals surface area (Å²) in [5, 5.41) is 0.555. The summed E-state index contributed by atoms with van der Waals surface area (Å²) in [6.07, 6.45) is 9.37. The van der Waals surface area contributed by atoms with Crippen molar-refractivity contribution in [2.45, 2.75) is 49.8 Å². The summed E-state index contributed by atoms with van der Waals surface area (Å²) in [5.74, 6) is 2.27. The Bertz CT molecular complexity index is 458. The molecular weight excluding hydrogens is 352 g/mol. The van der Waals surface area contributed by atoms with E-state index in [9.17, 15) is 0 Å². The lowest BCUT2D eigenvalue weighted by molar-refractivity contribution is 0.331. The molecule has 0 heterocycles. The van der Waals surface area contributed by atoms with E-state index < -0.39 is 0 Å². The molecule has 0 spiro atoms. The van der Waals surface area contributed by atoms with Crippen LogP contribution in [0, 0.1) is 5.92 Å². The van der Waals surface area contributed by atoms with E-state index in [-0.39, 0.29) is 4.83 Å². The van der Waals surface area contributed by atoms with Gasteiger partial charge in [0.2, 0.25) is 0 Å². The SMILES string of the molecule is COc1ccc(C(Br)CCC2CCCCC2)c(OC)c1Cl. The fourth-order valence-corrected chi connectivity index (χ4v) is 4.13. The predicted octanol–water partition coefficient (Wildman–Crippen LogP) is 6.15. The third-order valence-electron chi connectivity index (χ3n) is 4.41. The van der Waals surface area contributed by atoms with Crippen LogP contribution in [0.5, 0.6) is 11.5 Å². The number of rotatable bonds is 6. The predicted molar refractivity (Wildman–Crippen MR) is 92.0 cm³/mol. The van der Waals surface area contributed by atoms with E-state index >= 15 is 0 Å². The largest absolute Gasteiger partial charge is 0.495 e. The molecule has 1 atom stereocenters. The van der Waals surface area contributed by atoms with Crippen LogP contribution in [0.25, 0.3) is 0 Å². The maximum absolute atomic E-state index is 6.34. The van der Waals surface area contributed by atoms with Crippen molar-refractivity contribution in [1.29, 1.82) is 0 Å². The molecule has 21 heavy (non-hydrogen) atoms. The lowest BCUT2D eigenvalue weighted by Gasteiger charge is -2.23. The molecule has 0 aliphatic heterocycles. The van der Waals surface area contributed by atoms with Gasteiger partial charge in [0.1, 0.15) is 16.5 Å². The molecule has 0 amide bonds. The maximum atomic E-state index is 6.34. The zero-order valence-corrected chi connectivity index (χ0v) is 15.2. The average molecular weight is 376 g/mol. The Balaban J connectivity index is 2.04. The van der Waals surface area contributed by atoms with E-state index in [1.54, 1.807) is 14.2 Å². The van der Waals surface area contributed by atoms with Crippen LogP contribution in [0.1, 0.15) is 55.3 Å². The third kappa shape index (κ3) is 4.29. The van der Waals surface area contributed by atoms with Crippen LogP contribution in [0.15, 0.2) is 12.1 Å². The van der Waals surface area contributed by atoms with Crippen molar-refractivity contribution in [2.24, 2.45) is 5.92 Å². The van der Waals surface area contributed by atoms with Crippen LogP contribution in [-0.4, -0.2) is 14.2 Å². The second-order valence-corrected chi connectivity index (χ2v) is 7.24. The van der Waals surface area contributed by atoms with E-state index in [0.29, 0.717) is 10.8 Å². The molecule has 1 aliphatic carbocycles. The zero-order chi connectivity index (χ0) is 15.2. The summed E-state index contributed by atoms with van der Waals surface area (Å²) < 4.78 is 10.7. The summed E-state index contributed by atoms with van der Waals surface area (Å²) in [6.45, 7) is 0. The standard InChI is InChI=1S/C17H24BrClO2/c1-20-15-11-9-13(17(21-2)16(15)19)14(18)10-8-12-6-4-3-5-7-12/h9,11-12,14H,3-8,10H2,1-2H3. The Morgan fingerprint density at radius 1 is 1.19 bits per heavy atom. The highest BCUT2D eigenvalue weighted by molar-refractivity contribution is 9.09. The van der Waals surface area contributed by atoms with E-state index in [1.165, 1.54) is 38.5 Å². The van der Waals surface area contributed by atoms with Gasteiger partial charge in [0.05, 0.1) is 14.2 Å². The molecule has 1 saturated carbocycles. The highest BCUT2D eigenvalue weighted by Gasteiger charge is 2.21. The van der Waals surface area contributed by atoms with Crippen LogP contribution >= 0.6 is 27.5 Å². The molecule has 0 saturated heterocycles. The third-order valence-corrected chi connectivity index (χ3v) is 5.72. The van der Waals surface area contributed by atoms with Gasteiger partial charge < -0.3 is 9.47 Å². The monoisotopic (exact) mass is 374 g/mol. The molecule has 0 radical (unpaired) electrons. The van der Waals surface area contributed by atoms with E-state index in [2.05, 4.69) is 15.9 Å². The van der Waals surface area contributed by atoms with Gasteiger partial charge in [-0.1, -0.05) is 65.7 Å². The molecule has 1 fully saturated rings. The van der Waals surface area contributed by atoms with Crippen LogP contribution in [0.4, 0.5) is 0 Å². The van der Waals surface area contributed by atoms with Crippen molar-refractivity contribution < 1.29 is 9.47 Å². The van der Waals surface area contributed by atoms with Gasteiger partial charge in [-0.25, -0.2) is 0 Å². The molecule has 1 aliphatic rings. The Morgan fingerprint density at radius 3 is 2.52 bits per heavy atom. The van der Waals surface area contributed by atoms with Gasteiger partial charge in [-0.3, -0.25) is 0 Å². The van der Waals surface area contributed by atoms with Gasteiger partial charge in [0.25, 0.3) is 0 Å². The molecule has 0 bridgehead atoms. The van der Waals surface area contributed by atoms with Crippen molar-refractivity contribution in [2.75, 3.05) is 14.2 Å². The minimum Gasteiger partial charge on any atom is -0.495 e. The van der Waals surface area contributed by atoms with Crippen molar-refractivity contribution in [3.8, 4) is 11.5 Å². The van der Waals surface area contributed by atoms with Gasteiger partial charge in [0.15, 0.2) is 0 Å². The van der Waals surface area contributed by atoms with Gasteiger partial charge in [-0.15, -0.1) is 0 Å². The van der Waals surface area contributed by atoms with Crippen molar-refractivity contribution in [1.82, 2.24) is 0 Å². The van der Waals surface area contributed by atoms with Gasteiger partial charge >= 0.3 is 0 Å². The molecule has 2 rings (SSSR count). The number of methoxy groups -OCH3 is 2. The molecule has 4 heteroatoms. The Kier molecular flexibility index (Phi) is 6.69. The van der Waals surface area contributed by atoms with Crippen LogP contribution in [0.3, 0.4) is 0 Å². The van der Waals surface area contributed by atoms with Gasteiger partial charge in [-0.05, 0) is 24.8 Å². The normalized spacial score (nSPS) is 17.5. The minimum atomic E-state index is 0.276. The van der Waals surface area contributed by atoms with Crippen LogP contribution in [0.2, 0.25) is 5.02 Å². The van der Waals surface area contributed by atoms with Crippen molar-refractivity contribution >= 4 is 27.5 Å². The summed E-state index contributed by atoms with van der Waals surface area (Å²) in [7, 11) is 3.28. The quantitative estimate of drug-likeness (QED) is 0.555. The summed E-state index contributed by atoms with van der Waals surface area (Å²) in [4.78, 5) is 0.276. The lowest BCUT2D eigenvalue weighted by Crippen LogP contribution is -2.07. The molecule has 0 N–H and O–H groups in total. The fraction of sp³-hybridized carbons (Fsp3) is 0.647. The van der Waals surface area contributed by atoms with Crippen LogP contribution < -0.4 is 9.47 Å². The Morgan fingerprint density at radius 2 is 1.90 bits per heavy atom. The number of alkyl halides is 1. The fourth-order valence-electron chi connectivity index (χ4n) is 3.18.